The summed E-state index contributed by atoms with van der Waals surface area (Å²) >= 11 is 1.14. The number of rotatable bonds is 5. The van der Waals surface area contributed by atoms with Crippen LogP contribution >= 0.6 is 11.3 Å². The summed E-state index contributed by atoms with van der Waals surface area (Å²) in [7, 11) is 1.25. The number of nitrogens with zero attached hydrogens (tertiary/aromatic N) is 1. The number of aryl methyl sites for hydroxylation is 1. The van der Waals surface area contributed by atoms with Gasteiger partial charge in [0.15, 0.2) is 0 Å². The number of carbonyl (C=O) groups excluding carboxylic acids is 2. The van der Waals surface area contributed by atoms with Gasteiger partial charge in [0.05, 0.1) is 12.0 Å². The zero-order chi connectivity index (χ0) is 23.7. The quantitative estimate of drug-likeness (QED) is 0.246. The van der Waals surface area contributed by atoms with Crippen molar-refractivity contribution in [1.29, 1.82) is 5.41 Å². The Bertz CT molecular complexity index is 1470. The van der Waals surface area contributed by atoms with Crippen LogP contribution in [-0.4, -0.2) is 23.9 Å². The second-order valence-electron chi connectivity index (χ2n) is 7.13. The number of carbonyl (C=O) groups is 2. The van der Waals surface area contributed by atoms with Gasteiger partial charge in [-0.1, -0.05) is 29.8 Å². The lowest BCUT2D eigenvalue weighted by Gasteiger charge is -2.08. The first-order chi connectivity index (χ1) is 15.8. The van der Waals surface area contributed by atoms with Crippen molar-refractivity contribution >= 4 is 44.9 Å². The second kappa shape index (κ2) is 8.67. The monoisotopic (exact) mass is 463 g/mol. The highest BCUT2D eigenvalue weighted by Crippen LogP contribution is 2.36. The predicted octanol–water partition coefficient (Wildman–Crippen LogP) is 4.90. The number of ether oxygens (including phenoxy) is 1. The molecule has 0 fully saturated rings. The summed E-state index contributed by atoms with van der Waals surface area (Å²) in [4.78, 5) is 36.0. The maximum absolute atomic E-state index is 13.0. The molecular weight excluding hydrogens is 446 g/mol. The van der Waals surface area contributed by atoms with Crippen LogP contribution in [0.25, 0.3) is 22.1 Å². The Balaban J connectivity index is 1.74. The molecule has 33 heavy (non-hydrogen) atoms. The van der Waals surface area contributed by atoms with Crippen molar-refractivity contribution in [3.05, 3.63) is 86.3 Å². The van der Waals surface area contributed by atoms with Gasteiger partial charge >= 0.3 is 5.97 Å². The molecule has 0 bridgehead atoms. The molecule has 0 aliphatic carbocycles. The molecule has 0 radical (unpaired) electrons. The highest BCUT2D eigenvalue weighted by Gasteiger charge is 2.23. The Hall–Kier alpha value is -4.31. The van der Waals surface area contributed by atoms with Crippen LogP contribution in [-0.2, 0) is 4.74 Å². The molecule has 0 atom stereocenters. The molecule has 0 saturated carbocycles. The number of fused-ring (bicyclic) bond motifs is 1. The van der Waals surface area contributed by atoms with E-state index in [0.29, 0.717) is 10.9 Å². The van der Waals surface area contributed by atoms with Gasteiger partial charge < -0.3 is 14.5 Å². The van der Waals surface area contributed by atoms with Crippen LogP contribution < -0.4 is 10.9 Å². The second-order valence-corrected chi connectivity index (χ2v) is 8.01. The lowest BCUT2D eigenvalue weighted by atomic mass is 10.0. The first-order valence-electron chi connectivity index (χ1n) is 9.63. The standard InChI is InChI=1S/C23H17N3O6S/c1-12-3-5-13(6-4-12)17-11-33-22(19(17)23(28)31-2)25-21(27)16-10-14-9-15(26(29)30)7-8-18(14)32-20(16)24/h3-11,24H,1-2H3,(H,25,27). The molecular formula is C23H17N3O6S. The summed E-state index contributed by atoms with van der Waals surface area (Å²) in [6.45, 7) is 1.95. The highest BCUT2D eigenvalue weighted by atomic mass is 32.1. The normalized spacial score (nSPS) is 10.7. The van der Waals surface area contributed by atoms with Crippen LogP contribution in [0.1, 0.15) is 26.3 Å². The molecule has 0 aliphatic rings. The van der Waals surface area contributed by atoms with E-state index in [-0.39, 0.29) is 27.4 Å². The summed E-state index contributed by atoms with van der Waals surface area (Å²) in [5, 5.41) is 24.1. The van der Waals surface area contributed by atoms with E-state index in [2.05, 4.69) is 5.32 Å². The number of methoxy groups -OCH3 is 1. The molecule has 0 spiro atoms. The third-order valence-electron chi connectivity index (χ3n) is 4.98. The first kappa shape index (κ1) is 21.9. The van der Waals surface area contributed by atoms with Gasteiger partial charge in [0.1, 0.15) is 21.7 Å². The minimum absolute atomic E-state index is 0.135. The van der Waals surface area contributed by atoms with Crippen molar-refractivity contribution in [3.63, 3.8) is 0 Å². The van der Waals surface area contributed by atoms with Gasteiger partial charge in [-0.25, -0.2) is 4.79 Å². The molecule has 166 valence electrons. The lowest BCUT2D eigenvalue weighted by molar-refractivity contribution is -0.384. The number of nitro groups is 1. The number of non-ortho nitro benzene ring substituents is 1. The number of esters is 1. The average molecular weight is 463 g/mol. The number of anilines is 1. The molecule has 0 unspecified atom stereocenters. The number of thiophene rings is 1. The van der Waals surface area contributed by atoms with Crippen molar-refractivity contribution in [2.45, 2.75) is 6.92 Å². The van der Waals surface area contributed by atoms with E-state index in [1.165, 1.54) is 31.4 Å². The Morgan fingerprint density at radius 2 is 1.88 bits per heavy atom. The summed E-state index contributed by atoms with van der Waals surface area (Å²) in [5.74, 6) is -1.31. The predicted molar refractivity (Wildman–Crippen MR) is 123 cm³/mol. The molecule has 2 aromatic heterocycles. The molecule has 4 rings (SSSR count). The minimum atomic E-state index is -0.695. The van der Waals surface area contributed by atoms with Gasteiger partial charge in [-0.05, 0) is 24.6 Å². The Kier molecular flexibility index (Phi) is 5.76. The van der Waals surface area contributed by atoms with Crippen LogP contribution in [0.4, 0.5) is 10.7 Å². The van der Waals surface area contributed by atoms with Gasteiger partial charge in [0, 0.05) is 28.5 Å². The lowest BCUT2D eigenvalue weighted by Crippen LogP contribution is -2.21. The van der Waals surface area contributed by atoms with Crippen molar-refractivity contribution in [3.8, 4) is 11.1 Å². The number of nitro benzene ring substituents is 1. The van der Waals surface area contributed by atoms with Crippen molar-refractivity contribution in [2.24, 2.45) is 0 Å². The smallest absolute Gasteiger partial charge is 0.341 e. The fourth-order valence-corrected chi connectivity index (χ4v) is 4.23. The number of nitrogens with one attached hydrogen (secondary N) is 2. The van der Waals surface area contributed by atoms with E-state index < -0.39 is 22.4 Å². The minimum Gasteiger partial charge on any atom is -0.465 e. The van der Waals surface area contributed by atoms with Crippen LogP contribution in [0, 0.1) is 22.4 Å². The maximum Gasteiger partial charge on any atom is 0.341 e. The average Bonchev–Trinajstić information content (AvgIpc) is 3.21. The Labute approximate surface area is 190 Å². The van der Waals surface area contributed by atoms with Crippen molar-refractivity contribution < 1.29 is 23.7 Å². The zero-order valence-corrected chi connectivity index (χ0v) is 18.3. The molecule has 2 aromatic carbocycles. The Morgan fingerprint density at radius 1 is 1.15 bits per heavy atom. The van der Waals surface area contributed by atoms with E-state index in [0.717, 1.165) is 22.5 Å². The van der Waals surface area contributed by atoms with E-state index in [4.69, 9.17) is 14.6 Å². The number of hydrogen-bond acceptors (Lipinski definition) is 8. The van der Waals surface area contributed by atoms with Gasteiger partial charge in [0.2, 0.25) is 5.55 Å². The maximum atomic E-state index is 13.0. The summed E-state index contributed by atoms with van der Waals surface area (Å²) in [6, 6.07) is 12.8. The molecule has 9 nitrogen and oxygen atoms in total. The third-order valence-corrected chi connectivity index (χ3v) is 5.87. The highest BCUT2D eigenvalue weighted by molar-refractivity contribution is 7.15. The van der Waals surface area contributed by atoms with Gasteiger partial charge in [-0.3, -0.25) is 20.3 Å². The number of amides is 1. The van der Waals surface area contributed by atoms with E-state index in [1.807, 2.05) is 31.2 Å². The van der Waals surface area contributed by atoms with E-state index in [1.54, 1.807) is 5.38 Å². The van der Waals surface area contributed by atoms with Gasteiger partial charge in [-0.2, -0.15) is 0 Å². The SMILES string of the molecule is COC(=O)c1c(-c2ccc(C)cc2)csc1NC(=O)c1cc2cc([N+](=O)[O-])ccc2oc1=N. The van der Waals surface area contributed by atoms with Crippen LogP contribution in [0.5, 0.6) is 0 Å². The van der Waals surface area contributed by atoms with E-state index >= 15 is 0 Å². The van der Waals surface area contributed by atoms with Gasteiger partial charge in [0.25, 0.3) is 11.6 Å². The molecule has 2 heterocycles. The fourth-order valence-electron chi connectivity index (χ4n) is 3.28. The largest absolute Gasteiger partial charge is 0.465 e. The molecule has 4 aromatic rings. The molecule has 0 saturated heterocycles. The summed E-state index contributed by atoms with van der Waals surface area (Å²) < 4.78 is 10.3. The molecule has 10 heteroatoms. The third kappa shape index (κ3) is 4.23. The van der Waals surface area contributed by atoms with Crippen molar-refractivity contribution in [2.75, 3.05) is 12.4 Å². The number of hydrogen-bond donors (Lipinski definition) is 2. The van der Waals surface area contributed by atoms with Crippen molar-refractivity contribution in [1.82, 2.24) is 0 Å². The summed E-state index contributed by atoms with van der Waals surface area (Å²) in [6.07, 6.45) is 0. The fraction of sp³-hybridized carbons (Fsp3) is 0.0870. The van der Waals surface area contributed by atoms with Crippen LogP contribution in [0.2, 0.25) is 0 Å². The van der Waals surface area contributed by atoms with Crippen LogP contribution in [0.15, 0.2) is 58.3 Å². The zero-order valence-electron chi connectivity index (χ0n) is 17.5. The molecule has 0 aliphatic heterocycles. The first-order valence-corrected chi connectivity index (χ1v) is 10.5. The van der Waals surface area contributed by atoms with Crippen LogP contribution in [0.3, 0.4) is 0 Å². The summed E-state index contributed by atoms with van der Waals surface area (Å²) in [5.41, 5.74) is 2.16. The molecule has 2 N–H and O–H groups in total. The Morgan fingerprint density at radius 3 is 2.55 bits per heavy atom. The van der Waals surface area contributed by atoms with E-state index in [9.17, 15) is 19.7 Å². The molecule has 1 amide bonds. The topological polar surface area (TPSA) is 136 Å². The number of benzene rings is 2. The van der Waals surface area contributed by atoms with Gasteiger partial charge in [-0.15, -0.1) is 11.3 Å².